The summed E-state index contributed by atoms with van der Waals surface area (Å²) in [7, 11) is 0. The van der Waals surface area contributed by atoms with Crippen molar-refractivity contribution in [2.45, 2.75) is 10.2 Å². The van der Waals surface area contributed by atoms with Gasteiger partial charge in [-0.25, -0.2) is 8.78 Å². The van der Waals surface area contributed by atoms with Gasteiger partial charge in [0.25, 0.3) is 0 Å². The van der Waals surface area contributed by atoms with Crippen LogP contribution in [0.1, 0.15) is 0 Å². The van der Waals surface area contributed by atoms with Crippen molar-refractivity contribution in [2.75, 3.05) is 5.32 Å². The Balaban J connectivity index is 2.16. The molecule has 0 aromatic heterocycles. The molecule has 2 nitrogen and oxygen atoms in total. The van der Waals surface area contributed by atoms with Crippen LogP contribution in [0, 0.1) is 11.6 Å². The minimum atomic E-state index is -3.84. The van der Waals surface area contributed by atoms with Crippen molar-refractivity contribution in [3.8, 4) is 0 Å². The van der Waals surface area contributed by atoms with E-state index in [9.17, 15) is 22.4 Å². The minimum Gasteiger partial charge on any atom is -0.317 e. The Labute approximate surface area is 136 Å². The summed E-state index contributed by atoms with van der Waals surface area (Å²) in [6, 6.07) is 8.91. The monoisotopic (exact) mass is 393 g/mol. The van der Waals surface area contributed by atoms with E-state index >= 15 is 0 Å². The van der Waals surface area contributed by atoms with Crippen LogP contribution in [0.25, 0.3) is 0 Å². The van der Waals surface area contributed by atoms with Gasteiger partial charge in [0.15, 0.2) is 0 Å². The number of hydrogen-bond acceptors (Lipinski definition) is 2. The third-order valence-electron chi connectivity index (χ3n) is 2.51. The second-order valence-corrected chi connectivity index (χ2v) is 6.17. The number of halogens is 5. The molecule has 0 spiro atoms. The molecule has 0 fully saturated rings. The first kappa shape index (κ1) is 16.8. The van der Waals surface area contributed by atoms with E-state index in [0.29, 0.717) is 6.07 Å². The maximum absolute atomic E-state index is 13.8. The molecule has 22 heavy (non-hydrogen) atoms. The Morgan fingerprint density at radius 1 is 1.09 bits per heavy atom. The normalized spacial score (nSPS) is 11.3. The number of carbonyl (C=O) groups excluding carboxylic acids is 1. The highest BCUT2D eigenvalue weighted by Gasteiger charge is 2.40. The molecule has 2 aromatic carbocycles. The average molecular weight is 394 g/mol. The molecule has 0 aliphatic rings. The summed E-state index contributed by atoms with van der Waals surface area (Å²) in [4.78, 5) is 11.8. The maximum atomic E-state index is 13.8. The summed E-state index contributed by atoms with van der Waals surface area (Å²) < 4.78 is 54.3. The predicted octanol–water partition coefficient (Wildman–Crippen LogP) is 5.05. The predicted molar refractivity (Wildman–Crippen MR) is 79.9 cm³/mol. The lowest BCUT2D eigenvalue weighted by Crippen LogP contribution is -2.31. The number of anilines is 1. The van der Waals surface area contributed by atoms with Gasteiger partial charge >= 0.3 is 11.2 Å². The fraction of sp³-hybridized carbons (Fsp3) is 0.0714. The minimum absolute atomic E-state index is 0.0156. The first-order chi connectivity index (χ1) is 10.3. The Kier molecular flexibility index (Phi) is 5.12. The number of thioether (sulfide) groups is 1. The number of benzene rings is 2. The topological polar surface area (TPSA) is 29.1 Å². The zero-order valence-corrected chi connectivity index (χ0v) is 13.2. The number of carbonyl (C=O) groups is 1. The van der Waals surface area contributed by atoms with Gasteiger partial charge in [0, 0.05) is 11.0 Å². The molecular formula is C14H8BrF4NOS. The van der Waals surface area contributed by atoms with Crippen LogP contribution in [-0.4, -0.2) is 11.2 Å². The summed E-state index contributed by atoms with van der Waals surface area (Å²) in [6.45, 7) is 0. The molecule has 0 unspecified atom stereocenters. The van der Waals surface area contributed by atoms with Crippen LogP contribution in [0.3, 0.4) is 0 Å². The molecule has 0 aliphatic heterocycles. The molecule has 0 bridgehead atoms. The van der Waals surface area contributed by atoms with E-state index in [1.54, 1.807) is 23.5 Å². The standard InChI is InChI=1S/C14H8BrF4NOS/c15-9-6-11(17)12(7-10(9)16)20-13(21)14(18,19)22-8-4-2-1-3-5-8/h1-7H,(H,20,21). The van der Waals surface area contributed by atoms with Gasteiger partial charge < -0.3 is 5.32 Å². The van der Waals surface area contributed by atoms with Crippen molar-refractivity contribution in [2.24, 2.45) is 0 Å². The molecule has 0 heterocycles. The highest BCUT2D eigenvalue weighted by molar-refractivity contribution is 9.10. The van der Waals surface area contributed by atoms with E-state index in [0.717, 1.165) is 6.07 Å². The van der Waals surface area contributed by atoms with Crippen molar-refractivity contribution in [1.82, 2.24) is 0 Å². The molecule has 2 aromatic rings. The van der Waals surface area contributed by atoms with Crippen LogP contribution in [0.4, 0.5) is 23.2 Å². The molecule has 1 N–H and O–H groups in total. The van der Waals surface area contributed by atoms with Crippen molar-refractivity contribution < 1.29 is 22.4 Å². The fourth-order valence-electron chi connectivity index (χ4n) is 1.50. The van der Waals surface area contributed by atoms with E-state index in [2.05, 4.69) is 15.9 Å². The number of alkyl halides is 2. The van der Waals surface area contributed by atoms with E-state index in [-0.39, 0.29) is 21.1 Å². The molecule has 0 aliphatic carbocycles. The Bertz CT molecular complexity index is 697. The number of rotatable bonds is 4. The van der Waals surface area contributed by atoms with Crippen LogP contribution in [0.2, 0.25) is 0 Å². The fourth-order valence-corrected chi connectivity index (χ4v) is 2.54. The lowest BCUT2D eigenvalue weighted by molar-refractivity contribution is -0.129. The Morgan fingerprint density at radius 2 is 1.73 bits per heavy atom. The van der Waals surface area contributed by atoms with Gasteiger partial charge in [0.05, 0.1) is 10.2 Å². The van der Waals surface area contributed by atoms with Gasteiger partial charge in [-0.3, -0.25) is 4.79 Å². The quantitative estimate of drug-likeness (QED) is 0.447. The second kappa shape index (κ2) is 6.70. The zero-order valence-electron chi connectivity index (χ0n) is 10.7. The van der Waals surface area contributed by atoms with Gasteiger partial charge in [-0.05, 0) is 45.9 Å². The van der Waals surface area contributed by atoms with Crippen LogP contribution in [0.15, 0.2) is 51.8 Å². The molecule has 0 radical (unpaired) electrons. The van der Waals surface area contributed by atoms with Gasteiger partial charge in [0.1, 0.15) is 11.6 Å². The summed E-state index contributed by atoms with van der Waals surface area (Å²) in [5.41, 5.74) is -0.654. The van der Waals surface area contributed by atoms with Gasteiger partial charge in [-0.15, -0.1) is 0 Å². The van der Waals surface area contributed by atoms with E-state index < -0.39 is 28.5 Å². The molecule has 0 saturated carbocycles. The van der Waals surface area contributed by atoms with Crippen molar-refractivity contribution in [1.29, 1.82) is 0 Å². The molecule has 116 valence electrons. The summed E-state index contributed by atoms with van der Waals surface area (Å²) in [5, 5.41) is -2.14. The molecule has 0 saturated heterocycles. The van der Waals surface area contributed by atoms with E-state index in [1.165, 1.54) is 12.1 Å². The maximum Gasteiger partial charge on any atom is 0.375 e. The third-order valence-corrected chi connectivity index (χ3v) is 4.07. The van der Waals surface area contributed by atoms with Crippen LogP contribution in [-0.2, 0) is 4.79 Å². The molecule has 8 heteroatoms. The van der Waals surface area contributed by atoms with Gasteiger partial charge in [-0.1, -0.05) is 18.2 Å². The number of nitrogens with one attached hydrogen (secondary N) is 1. The SMILES string of the molecule is O=C(Nc1cc(F)c(Br)cc1F)C(F)(F)Sc1ccccc1. The second-order valence-electron chi connectivity index (χ2n) is 4.13. The summed E-state index contributed by atoms with van der Waals surface area (Å²) in [5.74, 6) is -3.64. The average Bonchev–Trinajstić information content (AvgIpc) is 2.45. The third kappa shape index (κ3) is 4.01. The lowest BCUT2D eigenvalue weighted by atomic mass is 10.3. The van der Waals surface area contributed by atoms with Gasteiger partial charge in [-0.2, -0.15) is 8.78 Å². The lowest BCUT2D eigenvalue weighted by Gasteiger charge is -2.16. The molecular weight excluding hydrogens is 386 g/mol. The van der Waals surface area contributed by atoms with E-state index in [1.807, 2.05) is 0 Å². The summed E-state index contributed by atoms with van der Waals surface area (Å²) >= 11 is 2.77. The van der Waals surface area contributed by atoms with Crippen LogP contribution < -0.4 is 5.32 Å². The van der Waals surface area contributed by atoms with Gasteiger partial charge in [0.2, 0.25) is 0 Å². The van der Waals surface area contributed by atoms with Crippen LogP contribution in [0.5, 0.6) is 0 Å². The van der Waals surface area contributed by atoms with Crippen molar-refractivity contribution in [3.63, 3.8) is 0 Å². The van der Waals surface area contributed by atoms with Crippen LogP contribution >= 0.6 is 27.7 Å². The van der Waals surface area contributed by atoms with E-state index in [4.69, 9.17) is 0 Å². The highest BCUT2D eigenvalue weighted by atomic mass is 79.9. The first-order valence-corrected chi connectivity index (χ1v) is 7.48. The Morgan fingerprint density at radius 3 is 2.36 bits per heavy atom. The zero-order chi connectivity index (χ0) is 16.3. The molecule has 2 rings (SSSR count). The summed E-state index contributed by atoms with van der Waals surface area (Å²) in [6.07, 6.45) is 0. The van der Waals surface area contributed by atoms with Crippen molar-refractivity contribution in [3.05, 3.63) is 58.6 Å². The first-order valence-electron chi connectivity index (χ1n) is 5.87. The number of amides is 1. The highest BCUT2D eigenvalue weighted by Crippen LogP contribution is 2.37. The van der Waals surface area contributed by atoms with Crippen molar-refractivity contribution >= 4 is 39.3 Å². The Hall–Kier alpha value is -1.54. The largest absolute Gasteiger partial charge is 0.375 e. The number of hydrogen-bond donors (Lipinski definition) is 1. The molecule has 1 amide bonds. The smallest absolute Gasteiger partial charge is 0.317 e. The molecule has 0 atom stereocenters.